The van der Waals surface area contributed by atoms with E-state index < -0.39 is 0 Å². The Balaban J connectivity index is 2.00. The number of hydrogen-bond donors (Lipinski definition) is 2. The maximum Gasteiger partial charge on any atom is 0.337 e. The Labute approximate surface area is 121 Å². The topological polar surface area (TPSA) is 67.0 Å². The van der Waals surface area contributed by atoms with Crippen LogP contribution in [0.3, 0.4) is 0 Å². The molecule has 1 aliphatic rings. The largest absolute Gasteiger partial charge is 0.465 e. The zero-order valence-corrected chi connectivity index (χ0v) is 11.6. The fourth-order valence-electron chi connectivity index (χ4n) is 2.14. The van der Waals surface area contributed by atoms with Gasteiger partial charge < -0.3 is 15.0 Å². The van der Waals surface area contributed by atoms with Gasteiger partial charge in [-0.15, -0.1) is 0 Å². The molecule has 0 unspecified atom stereocenters. The number of aromatic amines is 1. The summed E-state index contributed by atoms with van der Waals surface area (Å²) in [5, 5.41) is 5.02. The van der Waals surface area contributed by atoms with E-state index in [2.05, 4.69) is 20.0 Å². The summed E-state index contributed by atoms with van der Waals surface area (Å²) in [7, 11) is 1.37. The Morgan fingerprint density at radius 2 is 2.10 bits per heavy atom. The first-order chi connectivity index (χ1) is 10.3. The first-order valence-electron chi connectivity index (χ1n) is 6.63. The summed E-state index contributed by atoms with van der Waals surface area (Å²) in [6.45, 7) is 0.739. The van der Waals surface area contributed by atoms with Gasteiger partial charge >= 0.3 is 5.97 Å². The van der Waals surface area contributed by atoms with E-state index in [9.17, 15) is 4.79 Å². The minimum absolute atomic E-state index is 0.342. The molecule has 0 atom stereocenters. The van der Waals surface area contributed by atoms with Crippen molar-refractivity contribution in [3.05, 3.63) is 52.8 Å². The number of benzene rings is 1. The van der Waals surface area contributed by atoms with Crippen molar-refractivity contribution >= 4 is 18.1 Å². The minimum Gasteiger partial charge on any atom is -0.465 e. The van der Waals surface area contributed by atoms with Gasteiger partial charge in [0, 0.05) is 12.1 Å². The Morgan fingerprint density at radius 3 is 2.86 bits per heavy atom. The second-order valence-electron chi connectivity index (χ2n) is 4.59. The third-order valence-electron chi connectivity index (χ3n) is 3.23. The van der Waals surface area contributed by atoms with Crippen molar-refractivity contribution in [3.8, 4) is 11.4 Å². The number of carbonyl (C=O) groups excluding carboxylic acids is 1. The summed E-state index contributed by atoms with van der Waals surface area (Å²) in [5.74, 6) is 0.436. The summed E-state index contributed by atoms with van der Waals surface area (Å²) < 4.78 is 4.69. The number of H-pyrrole nitrogens is 1. The van der Waals surface area contributed by atoms with Gasteiger partial charge in [-0.1, -0.05) is 12.1 Å². The van der Waals surface area contributed by atoms with E-state index in [0.29, 0.717) is 5.56 Å². The molecular weight excluding hydrogens is 266 g/mol. The number of imidazole rings is 1. The molecule has 5 nitrogen and oxygen atoms in total. The maximum absolute atomic E-state index is 11.4. The first kappa shape index (κ1) is 13.2. The molecule has 2 heterocycles. The number of hydrogen-bond acceptors (Lipinski definition) is 4. The molecule has 0 bridgehead atoms. The molecular formula is C16H15N3O2. The number of carbonyl (C=O) groups is 1. The van der Waals surface area contributed by atoms with E-state index in [1.807, 2.05) is 36.6 Å². The summed E-state index contributed by atoms with van der Waals surface area (Å²) in [4.78, 5) is 19.3. The summed E-state index contributed by atoms with van der Waals surface area (Å²) in [6, 6.07) is 7.17. The van der Waals surface area contributed by atoms with Crippen LogP contribution in [0, 0.1) is 0 Å². The number of esters is 1. The van der Waals surface area contributed by atoms with Gasteiger partial charge in [0.05, 0.1) is 23.4 Å². The molecule has 0 spiro atoms. The van der Waals surface area contributed by atoms with Gasteiger partial charge in [-0.25, -0.2) is 9.78 Å². The van der Waals surface area contributed by atoms with Crippen LogP contribution in [-0.2, 0) is 4.74 Å². The molecule has 0 fully saturated rings. The van der Waals surface area contributed by atoms with E-state index >= 15 is 0 Å². The molecule has 5 heteroatoms. The lowest BCUT2D eigenvalue weighted by Crippen LogP contribution is -2.27. The highest BCUT2D eigenvalue weighted by Gasteiger charge is 2.07. The zero-order chi connectivity index (χ0) is 14.7. The van der Waals surface area contributed by atoms with Crippen LogP contribution < -0.4 is 16.0 Å². The van der Waals surface area contributed by atoms with E-state index in [0.717, 1.165) is 28.6 Å². The van der Waals surface area contributed by atoms with Crippen molar-refractivity contribution in [2.24, 2.45) is 0 Å². The van der Waals surface area contributed by atoms with E-state index in [1.165, 1.54) is 7.11 Å². The lowest BCUT2D eigenvalue weighted by atomic mass is 10.1. The maximum atomic E-state index is 11.4. The fraction of sp³-hybridized carbons (Fsp3) is 0.125. The molecule has 2 N–H and O–H groups in total. The van der Waals surface area contributed by atoms with Crippen molar-refractivity contribution in [1.82, 2.24) is 15.3 Å². The lowest BCUT2D eigenvalue weighted by Gasteiger charge is -2.00. The van der Waals surface area contributed by atoms with Gasteiger partial charge in [0.15, 0.2) is 0 Å². The van der Waals surface area contributed by atoms with Gasteiger partial charge in [-0.3, -0.25) is 0 Å². The molecule has 0 saturated heterocycles. The number of fused-ring (bicyclic) bond motifs is 1. The molecule has 3 rings (SSSR count). The number of nitrogens with one attached hydrogen (secondary N) is 2. The molecule has 0 aliphatic carbocycles. The lowest BCUT2D eigenvalue weighted by molar-refractivity contribution is 0.0601. The predicted molar refractivity (Wildman–Crippen MR) is 80.7 cm³/mol. The van der Waals surface area contributed by atoms with Gasteiger partial charge in [-0.05, 0) is 36.6 Å². The molecule has 1 aliphatic heterocycles. The molecule has 21 heavy (non-hydrogen) atoms. The molecule has 2 aromatic rings. The second-order valence-corrected chi connectivity index (χ2v) is 4.59. The highest BCUT2D eigenvalue weighted by molar-refractivity contribution is 5.89. The van der Waals surface area contributed by atoms with Crippen LogP contribution in [0.2, 0.25) is 0 Å². The molecule has 106 valence electrons. The highest BCUT2D eigenvalue weighted by Crippen LogP contribution is 2.14. The fourth-order valence-corrected chi connectivity index (χ4v) is 2.14. The number of allylic oxidation sites excluding steroid dienone is 1. The predicted octanol–water partition coefficient (Wildman–Crippen LogP) is 0.541. The second kappa shape index (κ2) is 5.66. The number of methoxy groups -OCH3 is 1. The number of rotatable bonds is 2. The van der Waals surface area contributed by atoms with Crippen LogP contribution in [0.25, 0.3) is 23.5 Å². The molecule has 0 radical (unpaired) electrons. The Kier molecular flexibility index (Phi) is 3.55. The van der Waals surface area contributed by atoms with Crippen LogP contribution in [0.4, 0.5) is 0 Å². The van der Waals surface area contributed by atoms with Crippen LogP contribution in [-0.4, -0.2) is 29.6 Å². The van der Waals surface area contributed by atoms with Crippen molar-refractivity contribution in [2.75, 3.05) is 13.7 Å². The number of aromatic nitrogens is 2. The first-order valence-corrected chi connectivity index (χ1v) is 6.63. The smallest absolute Gasteiger partial charge is 0.337 e. The van der Waals surface area contributed by atoms with Crippen LogP contribution in [0.1, 0.15) is 10.4 Å². The standard InChI is InChI=1S/C16H15N3O2/c1-21-16(20)12-6-4-11(5-7-12)15-18-13-3-2-9-17-10-8-14(13)19-15/h2-9,17H,10H2,1H3,(H,18,19). The van der Waals surface area contributed by atoms with Gasteiger partial charge in [0.25, 0.3) is 0 Å². The third kappa shape index (κ3) is 2.72. The molecule has 1 aromatic heterocycles. The van der Waals surface area contributed by atoms with Crippen LogP contribution >= 0.6 is 0 Å². The van der Waals surface area contributed by atoms with Crippen LogP contribution in [0.5, 0.6) is 0 Å². The van der Waals surface area contributed by atoms with E-state index in [1.54, 1.807) is 12.1 Å². The number of nitrogens with zero attached hydrogens (tertiary/aromatic N) is 1. The SMILES string of the molecule is COC(=O)c1ccc(-c2nc3c([nH]2)=CC=CNCC=3)cc1. The van der Waals surface area contributed by atoms with Crippen LogP contribution in [0.15, 0.2) is 36.5 Å². The number of ether oxygens (including phenoxy) is 1. The Hall–Kier alpha value is -2.82. The van der Waals surface area contributed by atoms with Gasteiger partial charge in [0.2, 0.25) is 0 Å². The Bertz CT molecular complexity index is 801. The molecule has 0 saturated carbocycles. The quantitative estimate of drug-likeness (QED) is 0.789. The highest BCUT2D eigenvalue weighted by atomic mass is 16.5. The summed E-state index contributed by atoms with van der Waals surface area (Å²) in [6.07, 6.45) is 7.83. The van der Waals surface area contributed by atoms with E-state index in [4.69, 9.17) is 0 Å². The summed E-state index contributed by atoms with van der Waals surface area (Å²) >= 11 is 0. The normalized spacial score (nSPS) is 13.0. The van der Waals surface area contributed by atoms with E-state index in [-0.39, 0.29) is 5.97 Å². The average molecular weight is 281 g/mol. The third-order valence-corrected chi connectivity index (χ3v) is 3.23. The Morgan fingerprint density at radius 1 is 1.29 bits per heavy atom. The summed E-state index contributed by atoms with van der Waals surface area (Å²) in [5.41, 5.74) is 1.45. The van der Waals surface area contributed by atoms with Gasteiger partial charge in [-0.2, -0.15) is 0 Å². The zero-order valence-electron chi connectivity index (χ0n) is 11.6. The average Bonchev–Trinajstić information content (AvgIpc) is 2.89. The monoisotopic (exact) mass is 281 g/mol. The molecule has 0 amide bonds. The van der Waals surface area contributed by atoms with Crippen molar-refractivity contribution in [3.63, 3.8) is 0 Å². The van der Waals surface area contributed by atoms with Crippen molar-refractivity contribution in [2.45, 2.75) is 0 Å². The van der Waals surface area contributed by atoms with Crippen molar-refractivity contribution in [1.29, 1.82) is 0 Å². The van der Waals surface area contributed by atoms with Crippen molar-refractivity contribution < 1.29 is 9.53 Å². The van der Waals surface area contributed by atoms with Gasteiger partial charge in [0.1, 0.15) is 5.82 Å². The molecule has 1 aromatic carbocycles. The minimum atomic E-state index is -0.342.